The summed E-state index contributed by atoms with van der Waals surface area (Å²) in [4.78, 5) is 41.0. The fraction of sp³-hybridized carbons (Fsp3) is 0.250. The number of H-pyrrole nitrogens is 1. The van der Waals surface area contributed by atoms with Crippen LogP contribution in [0.15, 0.2) is 41.9 Å². The molecule has 3 N–H and O–H groups in total. The van der Waals surface area contributed by atoms with Gasteiger partial charge in [-0.3, -0.25) is 20.2 Å². The average Bonchev–Trinajstić information content (AvgIpc) is 3.53. The van der Waals surface area contributed by atoms with Crippen LogP contribution in [0.3, 0.4) is 0 Å². The Labute approximate surface area is 193 Å². The fourth-order valence-electron chi connectivity index (χ4n) is 4.69. The summed E-state index contributed by atoms with van der Waals surface area (Å²) in [6.45, 7) is 0.950. The van der Waals surface area contributed by atoms with Crippen molar-refractivity contribution in [2.45, 2.75) is 25.4 Å². The van der Waals surface area contributed by atoms with Gasteiger partial charge in [0.2, 0.25) is 5.95 Å². The largest absolute Gasteiger partial charge is 0.360 e. The highest BCUT2D eigenvalue weighted by Gasteiger charge is 2.36. The number of imide groups is 1. The number of thiophene rings is 1. The third-order valence-electron chi connectivity index (χ3n) is 6.38. The number of amides is 2. The molecule has 5 heterocycles. The third-order valence-corrected chi connectivity index (χ3v) is 7.33. The second-order valence-corrected chi connectivity index (χ2v) is 9.28. The van der Waals surface area contributed by atoms with Gasteiger partial charge in [0.15, 0.2) is 0 Å². The van der Waals surface area contributed by atoms with E-state index in [1.807, 2.05) is 47.7 Å². The molecule has 9 heteroatoms. The molecule has 1 aromatic carbocycles. The van der Waals surface area contributed by atoms with Crippen molar-refractivity contribution in [2.75, 3.05) is 18.5 Å². The Balaban J connectivity index is 1.59. The molecule has 1 saturated heterocycles. The molecule has 1 atom stereocenters. The second-order valence-electron chi connectivity index (χ2n) is 8.36. The first kappa shape index (κ1) is 20.1. The molecule has 3 aromatic heterocycles. The molecule has 0 bridgehead atoms. The number of fused-ring (bicyclic) bond motifs is 2. The topological polar surface area (TPSA) is 103 Å². The van der Waals surface area contributed by atoms with Crippen molar-refractivity contribution in [1.82, 2.24) is 25.6 Å². The molecule has 0 saturated carbocycles. The molecule has 0 spiro atoms. The predicted molar refractivity (Wildman–Crippen MR) is 130 cm³/mol. The number of hydrogen-bond acceptors (Lipinski definition) is 7. The number of aromatic nitrogens is 3. The standard InChI is InChI=1S/C24H22N6O2S/c1-30(17-8-4-5-10-25-17)24-27-15-7-3-2-6-13(15)20(28-24)19-18(22(31)29-23(19)32)14-12-26-16-9-11-33-21(14)16/h2-3,6-7,9,11-12,17,25-26H,4-5,8,10H2,1H3,(H,29,31,32). The number of hydrogen-bond donors (Lipinski definition) is 3. The highest BCUT2D eigenvalue weighted by molar-refractivity contribution is 7.17. The van der Waals surface area contributed by atoms with Gasteiger partial charge >= 0.3 is 0 Å². The molecular formula is C24H22N6O2S. The van der Waals surface area contributed by atoms with E-state index in [1.54, 1.807) is 6.20 Å². The van der Waals surface area contributed by atoms with E-state index in [1.165, 1.54) is 11.3 Å². The van der Waals surface area contributed by atoms with Crippen LogP contribution in [0.4, 0.5) is 5.95 Å². The number of nitrogens with zero attached hydrogens (tertiary/aromatic N) is 3. The van der Waals surface area contributed by atoms with Crippen molar-refractivity contribution in [3.05, 3.63) is 53.2 Å². The fourth-order valence-corrected chi connectivity index (χ4v) is 5.57. The Hall–Kier alpha value is -3.56. The highest BCUT2D eigenvalue weighted by Crippen LogP contribution is 2.38. The van der Waals surface area contributed by atoms with Gasteiger partial charge in [0.05, 0.1) is 38.7 Å². The van der Waals surface area contributed by atoms with Crippen LogP contribution in [0.2, 0.25) is 0 Å². The second kappa shape index (κ2) is 7.79. The van der Waals surface area contributed by atoms with Crippen molar-refractivity contribution in [2.24, 2.45) is 0 Å². The summed E-state index contributed by atoms with van der Waals surface area (Å²) in [7, 11) is 1.97. The van der Waals surface area contributed by atoms with Crippen LogP contribution in [0.1, 0.15) is 30.5 Å². The monoisotopic (exact) mass is 458 g/mol. The number of rotatable bonds is 4. The maximum Gasteiger partial charge on any atom is 0.261 e. The SMILES string of the molecule is CN(c1nc(C2=C(c3c[nH]c4ccsc34)C(=O)NC2=O)c2ccccc2n1)C1CCCCN1. The minimum absolute atomic E-state index is 0.121. The number of carbonyl (C=O) groups is 2. The minimum Gasteiger partial charge on any atom is -0.360 e. The summed E-state index contributed by atoms with van der Waals surface area (Å²) in [5, 5.41) is 8.71. The number of piperidine rings is 1. The van der Waals surface area contributed by atoms with Gasteiger partial charge in [0, 0.05) is 24.2 Å². The molecule has 4 aromatic rings. The smallest absolute Gasteiger partial charge is 0.261 e. The minimum atomic E-state index is -0.436. The van der Waals surface area contributed by atoms with E-state index in [-0.39, 0.29) is 6.17 Å². The summed E-state index contributed by atoms with van der Waals surface area (Å²) in [6.07, 6.45) is 5.20. The maximum absolute atomic E-state index is 13.1. The zero-order valence-electron chi connectivity index (χ0n) is 18.0. The van der Waals surface area contributed by atoms with Crippen LogP contribution in [-0.2, 0) is 9.59 Å². The summed E-state index contributed by atoms with van der Waals surface area (Å²) in [6, 6.07) is 9.58. The molecule has 1 fully saturated rings. The van der Waals surface area contributed by atoms with Crippen LogP contribution in [0.25, 0.3) is 32.3 Å². The highest BCUT2D eigenvalue weighted by atomic mass is 32.1. The molecule has 0 radical (unpaired) electrons. The summed E-state index contributed by atoms with van der Waals surface area (Å²) >= 11 is 1.53. The van der Waals surface area contributed by atoms with Gasteiger partial charge in [-0.25, -0.2) is 9.97 Å². The molecule has 0 aliphatic carbocycles. The number of benzene rings is 1. The molecule has 6 rings (SSSR count). The van der Waals surface area contributed by atoms with Crippen LogP contribution < -0.4 is 15.5 Å². The molecular weight excluding hydrogens is 436 g/mol. The number of nitrogens with one attached hydrogen (secondary N) is 3. The van der Waals surface area contributed by atoms with Crippen molar-refractivity contribution in [1.29, 1.82) is 0 Å². The summed E-state index contributed by atoms with van der Waals surface area (Å²) < 4.78 is 0.939. The first-order valence-corrected chi connectivity index (χ1v) is 11.9. The van der Waals surface area contributed by atoms with E-state index in [9.17, 15) is 9.59 Å². The van der Waals surface area contributed by atoms with Crippen molar-refractivity contribution in [3.8, 4) is 0 Å². The van der Waals surface area contributed by atoms with E-state index in [2.05, 4.69) is 15.6 Å². The zero-order valence-corrected chi connectivity index (χ0v) is 18.8. The predicted octanol–water partition coefficient (Wildman–Crippen LogP) is 3.28. The van der Waals surface area contributed by atoms with Gasteiger partial charge in [0.1, 0.15) is 0 Å². The summed E-state index contributed by atoms with van der Waals surface area (Å²) in [5.41, 5.74) is 3.49. The van der Waals surface area contributed by atoms with Crippen LogP contribution >= 0.6 is 11.3 Å². The number of aromatic amines is 1. The van der Waals surface area contributed by atoms with Crippen molar-refractivity contribution < 1.29 is 9.59 Å². The number of para-hydroxylation sites is 1. The van der Waals surface area contributed by atoms with Gasteiger partial charge in [-0.05, 0) is 43.3 Å². The normalized spacial score (nSPS) is 19.0. The average molecular weight is 459 g/mol. The Morgan fingerprint density at radius 3 is 2.76 bits per heavy atom. The maximum atomic E-state index is 13.1. The Morgan fingerprint density at radius 1 is 1.06 bits per heavy atom. The lowest BCUT2D eigenvalue weighted by atomic mass is 9.99. The van der Waals surface area contributed by atoms with Crippen LogP contribution in [0, 0.1) is 0 Å². The Kier molecular flexibility index (Phi) is 4.74. The molecule has 1 unspecified atom stereocenters. The van der Waals surface area contributed by atoms with Crippen molar-refractivity contribution >= 4 is 61.4 Å². The van der Waals surface area contributed by atoms with E-state index in [0.717, 1.165) is 46.9 Å². The molecule has 166 valence electrons. The quantitative estimate of drug-likeness (QED) is 0.406. The first-order chi connectivity index (χ1) is 16.1. The van der Waals surface area contributed by atoms with Gasteiger partial charge in [-0.15, -0.1) is 11.3 Å². The first-order valence-electron chi connectivity index (χ1n) is 11.0. The van der Waals surface area contributed by atoms with E-state index in [4.69, 9.17) is 9.97 Å². The van der Waals surface area contributed by atoms with E-state index in [0.29, 0.717) is 28.4 Å². The van der Waals surface area contributed by atoms with Gasteiger partial charge < -0.3 is 9.88 Å². The van der Waals surface area contributed by atoms with Crippen LogP contribution in [-0.4, -0.2) is 46.5 Å². The van der Waals surface area contributed by atoms with Gasteiger partial charge in [-0.1, -0.05) is 18.2 Å². The number of anilines is 1. The van der Waals surface area contributed by atoms with Crippen molar-refractivity contribution in [3.63, 3.8) is 0 Å². The Morgan fingerprint density at radius 2 is 1.91 bits per heavy atom. The molecule has 2 aliphatic rings. The van der Waals surface area contributed by atoms with Gasteiger partial charge in [0.25, 0.3) is 11.8 Å². The number of carbonyl (C=O) groups excluding carboxylic acids is 2. The third kappa shape index (κ3) is 3.23. The molecule has 33 heavy (non-hydrogen) atoms. The lowest BCUT2D eigenvalue weighted by Gasteiger charge is -2.32. The van der Waals surface area contributed by atoms with E-state index < -0.39 is 11.8 Å². The van der Waals surface area contributed by atoms with Gasteiger partial charge in [-0.2, -0.15) is 0 Å². The molecule has 2 aliphatic heterocycles. The lowest BCUT2D eigenvalue weighted by molar-refractivity contribution is -0.122. The van der Waals surface area contributed by atoms with Crippen LogP contribution in [0.5, 0.6) is 0 Å². The van der Waals surface area contributed by atoms with E-state index >= 15 is 0 Å². The molecule has 2 amide bonds. The summed E-state index contributed by atoms with van der Waals surface area (Å²) in [5.74, 6) is -0.317. The zero-order chi connectivity index (χ0) is 22.5. The lowest BCUT2D eigenvalue weighted by Crippen LogP contribution is -2.47. The molecule has 8 nitrogen and oxygen atoms in total. The Bertz CT molecular complexity index is 1450.